The van der Waals surface area contributed by atoms with E-state index in [1.54, 1.807) is 21.3 Å². The van der Waals surface area contributed by atoms with Crippen LogP contribution in [0.15, 0.2) is 36.4 Å². The lowest BCUT2D eigenvalue weighted by Gasteiger charge is -2.11. The highest BCUT2D eigenvalue weighted by Gasteiger charge is 2.08. The van der Waals surface area contributed by atoms with Crippen molar-refractivity contribution in [3.8, 4) is 34.4 Å². The van der Waals surface area contributed by atoms with Crippen LogP contribution in [0.3, 0.4) is 0 Å². The van der Waals surface area contributed by atoms with Crippen LogP contribution in [-0.4, -0.2) is 21.3 Å². The van der Waals surface area contributed by atoms with Gasteiger partial charge in [-0.15, -0.1) is 0 Å². The molecule has 0 radical (unpaired) electrons. The number of ether oxygens (including phenoxy) is 3. The van der Waals surface area contributed by atoms with Gasteiger partial charge in [0.05, 0.1) is 33.8 Å². The van der Waals surface area contributed by atoms with E-state index in [-0.39, 0.29) is 0 Å². The van der Waals surface area contributed by atoms with Crippen molar-refractivity contribution in [3.63, 3.8) is 0 Å². The van der Waals surface area contributed by atoms with Crippen LogP contribution >= 0.6 is 0 Å². The number of benzene rings is 2. The highest BCUT2D eigenvalue weighted by Crippen LogP contribution is 2.32. The predicted molar refractivity (Wildman–Crippen MR) is 80.9 cm³/mol. The van der Waals surface area contributed by atoms with Gasteiger partial charge in [-0.2, -0.15) is 5.26 Å². The van der Waals surface area contributed by atoms with E-state index >= 15 is 0 Å². The SMILES string of the molecule is COc1cc(OC)cc(-c2ccc(OC)c(CC#N)c2)c1. The van der Waals surface area contributed by atoms with E-state index in [1.165, 1.54) is 0 Å². The van der Waals surface area contributed by atoms with Crippen LogP contribution in [0, 0.1) is 11.3 Å². The topological polar surface area (TPSA) is 51.5 Å². The van der Waals surface area contributed by atoms with E-state index < -0.39 is 0 Å². The van der Waals surface area contributed by atoms with Gasteiger partial charge in [-0.25, -0.2) is 0 Å². The van der Waals surface area contributed by atoms with Crippen molar-refractivity contribution < 1.29 is 14.2 Å². The van der Waals surface area contributed by atoms with Crippen molar-refractivity contribution in [3.05, 3.63) is 42.0 Å². The Kier molecular flexibility index (Phi) is 4.68. The van der Waals surface area contributed by atoms with E-state index in [0.717, 1.165) is 33.9 Å². The molecule has 0 amide bonds. The maximum absolute atomic E-state index is 8.92. The Hall–Kier alpha value is -2.67. The normalized spacial score (nSPS) is 9.81. The molecule has 2 aromatic carbocycles. The van der Waals surface area contributed by atoms with Gasteiger partial charge in [0.15, 0.2) is 0 Å². The lowest BCUT2D eigenvalue weighted by atomic mass is 10.0. The minimum atomic E-state index is 0.304. The Labute approximate surface area is 124 Å². The van der Waals surface area contributed by atoms with Crippen molar-refractivity contribution in [2.24, 2.45) is 0 Å². The van der Waals surface area contributed by atoms with Gasteiger partial charge in [0.25, 0.3) is 0 Å². The van der Waals surface area contributed by atoms with E-state index in [4.69, 9.17) is 19.5 Å². The Bertz CT molecular complexity index is 652. The summed E-state index contributed by atoms with van der Waals surface area (Å²) in [7, 11) is 4.84. The molecule has 21 heavy (non-hydrogen) atoms. The fourth-order valence-electron chi connectivity index (χ4n) is 2.16. The van der Waals surface area contributed by atoms with Gasteiger partial charge in [0.2, 0.25) is 0 Å². The molecule has 2 aromatic rings. The standard InChI is InChI=1S/C17H17NO3/c1-19-15-9-14(10-16(11-15)20-2)12-4-5-17(21-3)13(8-12)6-7-18/h4-5,8-11H,6H2,1-3H3. The molecule has 0 fully saturated rings. The smallest absolute Gasteiger partial charge is 0.123 e. The highest BCUT2D eigenvalue weighted by molar-refractivity contribution is 5.69. The van der Waals surface area contributed by atoms with E-state index in [0.29, 0.717) is 6.42 Å². The zero-order valence-electron chi connectivity index (χ0n) is 12.3. The molecule has 108 valence electrons. The van der Waals surface area contributed by atoms with Gasteiger partial charge in [-0.1, -0.05) is 6.07 Å². The minimum Gasteiger partial charge on any atom is -0.497 e. The first-order chi connectivity index (χ1) is 10.2. The molecule has 0 aromatic heterocycles. The molecule has 4 heteroatoms. The summed E-state index contributed by atoms with van der Waals surface area (Å²) in [6, 6.07) is 13.6. The van der Waals surface area contributed by atoms with Gasteiger partial charge in [-0.05, 0) is 35.4 Å². The fraction of sp³-hybridized carbons (Fsp3) is 0.235. The van der Waals surface area contributed by atoms with Crippen LogP contribution < -0.4 is 14.2 Å². The van der Waals surface area contributed by atoms with Crippen LogP contribution in [-0.2, 0) is 6.42 Å². The molecule has 0 heterocycles. The second-order valence-electron chi connectivity index (χ2n) is 4.46. The molecule has 0 atom stereocenters. The number of rotatable bonds is 5. The molecule has 2 rings (SSSR count). The van der Waals surface area contributed by atoms with Crippen molar-refractivity contribution in [1.82, 2.24) is 0 Å². The van der Waals surface area contributed by atoms with Crippen LogP contribution in [0.25, 0.3) is 11.1 Å². The second kappa shape index (κ2) is 6.67. The fourth-order valence-corrected chi connectivity index (χ4v) is 2.16. The number of nitrogens with zero attached hydrogens (tertiary/aromatic N) is 1. The van der Waals surface area contributed by atoms with E-state index in [2.05, 4.69) is 6.07 Å². The molecule has 0 spiro atoms. The molecule has 0 unspecified atom stereocenters. The summed E-state index contributed by atoms with van der Waals surface area (Å²) in [6.45, 7) is 0. The Morgan fingerprint density at radius 1 is 0.857 bits per heavy atom. The third-order valence-electron chi connectivity index (χ3n) is 3.23. The molecule has 0 saturated heterocycles. The van der Waals surface area contributed by atoms with E-state index in [1.807, 2.05) is 36.4 Å². The predicted octanol–water partition coefficient (Wildman–Crippen LogP) is 3.45. The average Bonchev–Trinajstić information content (AvgIpc) is 2.54. The monoisotopic (exact) mass is 283 g/mol. The molecule has 0 bridgehead atoms. The van der Waals surface area contributed by atoms with E-state index in [9.17, 15) is 0 Å². The minimum absolute atomic E-state index is 0.304. The van der Waals surface area contributed by atoms with Crippen LogP contribution in [0.5, 0.6) is 17.2 Å². The molecule has 0 aliphatic carbocycles. The van der Waals surface area contributed by atoms with Crippen LogP contribution in [0.2, 0.25) is 0 Å². The first-order valence-electron chi connectivity index (χ1n) is 6.49. The molecule has 0 aliphatic rings. The van der Waals surface area contributed by atoms with Crippen LogP contribution in [0.1, 0.15) is 5.56 Å². The summed E-state index contributed by atoms with van der Waals surface area (Å²) in [4.78, 5) is 0. The molecule has 0 N–H and O–H groups in total. The lowest BCUT2D eigenvalue weighted by molar-refractivity contribution is 0.394. The summed E-state index contributed by atoms with van der Waals surface area (Å²) < 4.78 is 15.8. The van der Waals surface area contributed by atoms with Gasteiger partial charge < -0.3 is 14.2 Å². The maximum atomic E-state index is 8.92. The summed E-state index contributed by atoms with van der Waals surface area (Å²) in [6.07, 6.45) is 0.304. The first kappa shape index (κ1) is 14.7. The summed E-state index contributed by atoms with van der Waals surface area (Å²) >= 11 is 0. The Balaban J connectivity index is 2.51. The maximum Gasteiger partial charge on any atom is 0.123 e. The second-order valence-corrected chi connectivity index (χ2v) is 4.46. The Morgan fingerprint density at radius 2 is 1.52 bits per heavy atom. The third-order valence-corrected chi connectivity index (χ3v) is 3.23. The largest absolute Gasteiger partial charge is 0.497 e. The number of methoxy groups -OCH3 is 3. The zero-order chi connectivity index (χ0) is 15.2. The molecular formula is C17H17NO3. The molecule has 4 nitrogen and oxygen atoms in total. The average molecular weight is 283 g/mol. The number of hydrogen-bond acceptors (Lipinski definition) is 4. The number of hydrogen-bond donors (Lipinski definition) is 0. The Morgan fingerprint density at radius 3 is 2.05 bits per heavy atom. The summed E-state index contributed by atoms with van der Waals surface area (Å²) in [5.74, 6) is 2.17. The summed E-state index contributed by atoms with van der Waals surface area (Å²) in [5.41, 5.74) is 2.81. The highest BCUT2D eigenvalue weighted by atomic mass is 16.5. The van der Waals surface area contributed by atoms with Crippen LogP contribution in [0.4, 0.5) is 0 Å². The van der Waals surface area contributed by atoms with Gasteiger partial charge in [0, 0.05) is 11.6 Å². The van der Waals surface area contributed by atoms with Crippen molar-refractivity contribution in [2.45, 2.75) is 6.42 Å². The molecule has 0 saturated carbocycles. The number of nitriles is 1. The lowest BCUT2D eigenvalue weighted by Crippen LogP contribution is -1.93. The van der Waals surface area contributed by atoms with Gasteiger partial charge >= 0.3 is 0 Å². The molecule has 0 aliphatic heterocycles. The van der Waals surface area contributed by atoms with Gasteiger partial charge in [-0.3, -0.25) is 0 Å². The summed E-state index contributed by atoms with van der Waals surface area (Å²) in [5, 5.41) is 8.92. The van der Waals surface area contributed by atoms with Gasteiger partial charge in [0.1, 0.15) is 17.2 Å². The van der Waals surface area contributed by atoms with Crippen molar-refractivity contribution in [1.29, 1.82) is 5.26 Å². The quantitative estimate of drug-likeness (QED) is 0.843. The van der Waals surface area contributed by atoms with Crippen molar-refractivity contribution in [2.75, 3.05) is 21.3 Å². The van der Waals surface area contributed by atoms with Crippen molar-refractivity contribution >= 4 is 0 Å². The first-order valence-corrected chi connectivity index (χ1v) is 6.49. The zero-order valence-corrected chi connectivity index (χ0v) is 12.3. The molecular weight excluding hydrogens is 266 g/mol. The third kappa shape index (κ3) is 3.26.